The number of ether oxygens (including phenoxy) is 1. The van der Waals surface area contributed by atoms with Crippen molar-refractivity contribution in [1.29, 1.82) is 0 Å². The van der Waals surface area contributed by atoms with Gasteiger partial charge in [0.25, 0.3) is 0 Å². The number of hydrogen-bond donors (Lipinski definition) is 2. The van der Waals surface area contributed by atoms with Gasteiger partial charge in [-0.25, -0.2) is 0 Å². The summed E-state index contributed by atoms with van der Waals surface area (Å²) in [5.41, 5.74) is 0. The second-order valence-electron chi connectivity index (χ2n) is 4.94. The van der Waals surface area contributed by atoms with Crippen LogP contribution in [0.25, 0.3) is 0 Å². The molecule has 0 spiro atoms. The molecule has 1 aromatic heterocycles. The number of thiophene rings is 1. The van der Waals surface area contributed by atoms with Crippen LogP contribution in [0.2, 0.25) is 0 Å². The van der Waals surface area contributed by atoms with Crippen LogP contribution in [0.3, 0.4) is 0 Å². The maximum atomic E-state index is 11.4. The van der Waals surface area contributed by atoms with Crippen molar-refractivity contribution in [2.45, 2.75) is 26.7 Å². The van der Waals surface area contributed by atoms with Gasteiger partial charge in [0, 0.05) is 23.9 Å². The Balaban J connectivity index is 0.00000441. The number of guanidine groups is 1. The Morgan fingerprint density at radius 2 is 2.14 bits per heavy atom. The molecule has 0 aromatic carbocycles. The lowest BCUT2D eigenvalue weighted by molar-refractivity contribution is -0.144. The third-order valence-corrected chi connectivity index (χ3v) is 4.18. The zero-order valence-electron chi connectivity index (χ0n) is 13.6. The average molecular weight is 439 g/mol. The van der Waals surface area contributed by atoms with Gasteiger partial charge < -0.3 is 15.4 Å². The third kappa shape index (κ3) is 7.44. The molecule has 0 amide bonds. The molecule has 1 rings (SSSR count). The van der Waals surface area contributed by atoms with E-state index in [4.69, 9.17) is 4.74 Å². The first-order chi connectivity index (χ1) is 10.1. The number of aliphatic imine (C=N–C) groups is 1. The molecule has 0 saturated heterocycles. The van der Waals surface area contributed by atoms with E-state index in [2.05, 4.69) is 40.1 Å². The van der Waals surface area contributed by atoms with Crippen LogP contribution in [0.15, 0.2) is 22.5 Å². The minimum atomic E-state index is -0.217. The summed E-state index contributed by atoms with van der Waals surface area (Å²) >= 11 is 1.75. The van der Waals surface area contributed by atoms with Crippen molar-refractivity contribution in [3.05, 3.63) is 22.4 Å². The molecule has 0 radical (unpaired) electrons. The Morgan fingerprint density at radius 3 is 2.68 bits per heavy atom. The molecule has 2 atom stereocenters. The molecule has 1 heterocycles. The summed E-state index contributed by atoms with van der Waals surface area (Å²) in [6.45, 7) is 8.01. The molecule has 22 heavy (non-hydrogen) atoms. The van der Waals surface area contributed by atoms with Crippen LogP contribution in [0.5, 0.6) is 0 Å². The zero-order valence-corrected chi connectivity index (χ0v) is 16.7. The largest absolute Gasteiger partial charge is 0.469 e. The minimum absolute atomic E-state index is 0. The van der Waals surface area contributed by atoms with E-state index in [9.17, 15) is 4.79 Å². The molecule has 0 aliphatic rings. The molecule has 0 fully saturated rings. The molecular weight excluding hydrogens is 413 g/mol. The summed E-state index contributed by atoms with van der Waals surface area (Å²) in [5, 5.41) is 8.44. The van der Waals surface area contributed by atoms with Gasteiger partial charge in [-0.3, -0.25) is 9.79 Å². The summed E-state index contributed by atoms with van der Waals surface area (Å²) in [5.74, 6) is 0.703. The molecular formula is C15H26IN3O2S. The van der Waals surface area contributed by atoms with Gasteiger partial charge >= 0.3 is 5.97 Å². The quantitative estimate of drug-likeness (QED) is 0.297. The smallest absolute Gasteiger partial charge is 0.310 e. The Morgan fingerprint density at radius 1 is 1.41 bits per heavy atom. The predicted octanol–water partition coefficient (Wildman–Crippen LogP) is 2.83. The Labute approximate surface area is 154 Å². The number of hydrogen-bond acceptors (Lipinski definition) is 4. The number of carbonyl (C=O) groups is 1. The lowest BCUT2D eigenvalue weighted by Crippen LogP contribution is -2.41. The zero-order chi connectivity index (χ0) is 15.7. The lowest BCUT2D eigenvalue weighted by atomic mass is 10.1. The fourth-order valence-corrected chi connectivity index (χ4v) is 2.54. The van der Waals surface area contributed by atoms with Gasteiger partial charge in [-0.2, -0.15) is 0 Å². The first kappa shape index (κ1) is 21.2. The maximum Gasteiger partial charge on any atom is 0.310 e. The normalized spacial score (nSPS) is 13.7. The van der Waals surface area contributed by atoms with E-state index in [0.717, 1.165) is 12.5 Å². The van der Waals surface area contributed by atoms with Gasteiger partial charge in [-0.15, -0.1) is 35.3 Å². The van der Waals surface area contributed by atoms with E-state index in [1.165, 1.54) is 12.0 Å². The monoisotopic (exact) mass is 439 g/mol. The second-order valence-corrected chi connectivity index (χ2v) is 5.92. The highest BCUT2D eigenvalue weighted by molar-refractivity contribution is 14.0. The van der Waals surface area contributed by atoms with Crippen LogP contribution in [0, 0.1) is 5.92 Å². The van der Waals surface area contributed by atoms with E-state index in [0.29, 0.717) is 19.0 Å². The topological polar surface area (TPSA) is 62.7 Å². The molecule has 126 valence electrons. The molecule has 1 aromatic rings. The second kappa shape index (κ2) is 11.7. The van der Waals surface area contributed by atoms with Crippen molar-refractivity contribution in [2.24, 2.45) is 10.9 Å². The van der Waals surface area contributed by atoms with Crippen LogP contribution >= 0.6 is 35.3 Å². The first-order valence-electron chi connectivity index (χ1n) is 7.21. The minimum Gasteiger partial charge on any atom is -0.469 e. The van der Waals surface area contributed by atoms with Gasteiger partial charge in [0.2, 0.25) is 0 Å². The van der Waals surface area contributed by atoms with Crippen molar-refractivity contribution < 1.29 is 9.53 Å². The highest BCUT2D eigenvalue weighted by atomic mass is 127. The summed E-state index contributed by atoms with van der Waals surface area (Å²) in [6, 6.07) is 4.19. The average Bonchev–Trinajstić information content (AvgIpc) is 3.02. The fourth-order valence-electron chi connectivity index (χ4n) is 1.77. The van der Waals surface area contributed by atoms with E-state index in [1.54, 1.807) is 11.3 Å². The number of rotatable bonds is 7. The van der Waals surface area contributed by atoms with E-state index in [-0.39, 0.29) is 35.9 Å². The fraction of sp³-hybridized carbons (Fsp3) is 0.600. The Hall–Kier alpha value is -0.830. The Bertz CT molecular complexity index is 452. The van der Waals surface area contributed by atoms with E-state index >= 15 is 0 Å². The van der Waals surface area contributed by atoms with Crippen LogP contribution in [0.1, 0.15) is 31.6 Å². The molecule has 2 unspecified atom stereocenters. The number of nitrogens with zero attached hydrogens (tertiary/aromatic N) is 1. The van der Waals surface area contributed by atoms with Crippen molar-refractivity contribution in [2.75, 3.05) is 26.7 Å². The van der Waals surface area contributed by atoms with Gasteiger partial charge in [0.05, 0.1) is 19.6 Å². The first-order valence-corrected chi connectivity index (χ1v) is 8.09. The van der Waals surface area contributed by atoms with Crippen LogP contribution in [0.4, 0.5) is 0 Å². The van der Waals surface area contributed by atoms with Crippen molar-refractivity contribution >= 4 is 47.2 Å². The summed E-state index contributed by atoms with van der Waals surface area (Å²) in [6.07, 6.45) is 0. The maximum absolute atomic E-state index is 11.4. The molecule has 0 aliphatic heterocycles. The van der Waals surface area contributed by atoms with Gasteiger partial charge in [-0.1, -0.05) is 19.9 Å². The highest BCUT2D eigenvalue weighted by Crippen LogP contribution is 2.20. The van der Waals surface area contributed by atoms with Crippen LogP contribution in [-0.2, 0) is 9.53 Å². The third-order valence-electron chi connectivity index (χ3n) is 3.08. The molecule has 0 aliphatic carbocycles. The van der Waals surface area contributed by atoms with Crippen LogP contribution < -0.4 is 10.6 Å². The number of halogens is 1. The summed E-state index contributed by atoms with van der Waals surface area (Å²) in [4.78, 5) is 17.3. The highest BCUT2D eigenvalue weighted by Gasteiger charge is 2.13. The number of nitrogens with one attached hydrogen (secondary N) is 2. The van der Waals surface area contributed by atoms with Crippen molar-refractivity contribution in [1.82, 2.24) is 10.6 Å². The SMILES string of the molecule is CCNC(=NCC(C)c1cccs1)NCC(C)C(=O)OC.I. The molecule has 7 heteroatoms. The van der Waals surface area contributed by atoms with Gasteiger partial charge in [-0.05, 0) is 18.4 Å². The standard InChI is InChI=1S/C15H25N3O2S.HI/c1-5-16-15(18-10-12(3)14(19)20-4)17-9-11(2)13-7-6-8-21-13;/h6-8,11-12H,5,9-10H2,1-4H3,(H2,16,17,18);1H. The van der Waals surface area contributed by atoms with Crippen molar-refractivity contribution in [3.8, 4) is 0 Å². The molecule has 0 saturated carbocycles. The number of methoxy groups -OCH3 is 1. The van der Waals surface area contributed by atoms with Gasteiger partial charge in [0.15, 0.2) is 5.96 Å². The molecule has 5 nitrogen and oxygen atoms in total. The van der Waals surface area contributed by atoms with Gasteiger partial charge in [0.1, 0.15) is 0 Å². The predicted molar refractivity (Wildman–Crippen MR) is 103 cm³/mol. The van der Waals surface area contributed by atoms with E-state index in [1.807, 2.05) is 13.8 Å². The lowest BCUT2D eigenvalue weighted by Gasteiger charge is -2.15. The number of carbonyl (C=O) groups excluding carboxylic acids is 1. The summed E-state index contributed by atoms with van der Waals surface area (Å²) < 4.78 is 4.71. The van der Waals surface area contributed by atoms with Crippen molar-refractivity contribution in [3.63, 3.8) is 0 Å². The molecule has 2 N–H and O–H groups in total. The number of esters is 1. The van der Waals surface area contributed by atoms with Crippen LogP contribution in [-0.4, -0.2) is 38.7 Å². The van der Waals surface area contributed by atoms with E-state index < -0.39 is 0 Å². The molecule has 0 bridgehead atoms. The Kier molecular flexibility index (Phi) is 11.3. The summed E-state index contributed by atoms with van der Waals surface area (Å²) in [7, 11) is 1.40.